The Labute approximate surface area is 142 Å². The van der Waals surface area contributed by atoms with E-state index >= 15 is 0 Å². The van der Waals surface area contributed by atoms with Gasteiger partial charge in [0.2, 0.25) is 0 Å². The van der Waals surface area contributed by atoms with Crippen LogP contribution in [0, 0.1) is 17.2 Å². The molecule has 0 radical (unpaired) electrons. The fraction of sp³-hybridized carbons (Fsp3) is 0.579. The number of carbonyl (C=O) groups is 1. The van der Waals surface area contributed by atoms with Crippen molar-refractivity contribution >= 4 is 5.97 Å². The fourth-order valence-electron chi connectivity index (χ4n) is 3.76. The lowest BCUT2D eigenvalue weighted by Crippen LogP contribution is -2.44. The van der Waals surface area contributed by atoms with E-state index in [0.717, 1.165) is 18.4 Å². The molecule has 0 aromatic heterocycles. The third-order valence-corrected chi connectivity index (χ3v) is 5.25. The van der Waals surface area contributed by atoms with Gasteiger partial charge in [0.25, 0.3) is 0 Å². The van der Waals surface area contributed by atoms with Crippen LogP contribution in [-0.2, 0) is 14.9 Å². The molecule has 0 spiro atoms. The van der Waals surface area contributed by atoms with Gasteiger partial charge in [-0.15, -0.1) is 0 Å². The van der Waals surface area contributed by atoms with E-state index in [-0.39, 0.29) is 18.0 Å². The van der Waals surface area contributed by atoms with Crippen LogP contribution in [0.2, 0.25) is 0 Å². The number of methoxy groups -OCH3 is 2. The average molecular weight is 329 g/mol. The predicted octanol–water partition coefficient (Wildman–Crippen LogP) is 3.36. The van der Waals surface area contributed by atoms with Crippen molar-refractivity contribution in [3.8, 4) is 17.6 Å². The number of benzene rings is 1. The Kier molecular flexibility index (Phi) is 4.66. The van der Waals surface area contributed by atoms with E-state index in [9.17, 15) is 10.1 Å². The van der Waals surface area contributed by atoms with Crippen LogP contribution in [0.3, 0.4) is 0 Å². The van der Waals surface area contributed by atoms with Crippen LogP contribution < -0.4 is 9.47 Å². The van der Waals surface area contributed by atoms with Crippen LogP contribution >= 0.6 is 0 Å². The van der Waals surface area contributed by atoms with Gasteiger partial charge in [-0.05, 0) is 56.2 Å². The fourth-order valence-corrected chi connectivity index (χ4v) is 3.76. The lowest BCUT2D eigenvalue weighted by molar-refractivity contribution is -0.150. The molecule has 2 aliphatic rings. The molecule has 24 heavy (non-hydrogen) atoms. The normalized spacial score (nSPS) is 26.3. The summed E-state index contributed by atoms with van der Waals surface area (Å²) >= 11 is 0. The van der Waals surface area contributed by atoms with Gasteiger partial charge in [-0.1, -0.05) is 6.07 Å². The molecule has 0 heterocycles. The van der Waals surface area contributed by atoms with Gasteiger partial charge in [0.1, 0.15) is 0 Å². The van der Waals surface area contributed by atoms with E-state index in [1.54, 1.807) is 7.11 Å². The Morgan fingerprint density at radius 1 is 1.21 bits per heavy atom. The first-order valence-electron chi connectivity index (χ1n) is 8.46. The number of hydrogen-bond donors (Lipinski definition) is 0. The summed E-state index contributed by atoms with van der Waals surface area (Å²) in [5, 5.41) is 9.69. The molecule has 2 saturated carbocycles. The molecule has 2 aliphatic carbocycles. The minimum atomic E-state index is -0.640. The molecular formula is C19H23NO4. The van der Waals surface area contributed by atoms with E-state index in [2.05, 4.69) is 6.07 Å². The van der Waals surface area contributed by atoms with Gasteiger partial charge in [0.15, 0.2) is 11.5 Å². The minimum Gasteiger partial charge on any atom is -0.493 e. The summed E-state index contributed by atoms with van der Waals surface area (Å²) in [4.78, 5) is 11.7. The highest BCUT2D eigenvalue weighted by atomic mass is 16.5. The Hall–Kier alpha value is -2.22. The number of nitriles is 1. The number of rotatable bonds is 5. The van der Waals surface area contributed by atoms with Gasteiger partial charge in [0.05, 0.1) is 37.7 Å². The summed E-state index contributed by atoms with van der Waals surface area (Å²) in [6.45, 7) is 0. The van der Waals surface area contributed by atoms with Crippen LogP contribution in [-0.4, -0.2) is 26.3 Å². The molecule has 128 valence electrons. The van der Waals surface area contributed by atoms with Crippen LogP contribution in [0.25, 0.3) is 0 Å². The summed E-state index contributed by atoms with van der Waals surface area (Å²) in [7, 11) is 3.00. The van der Waals surface area contributed by atoms with Crippen molar-refractivity contribution < 1.29 is 19.0 Å². The molecule has 0 unspecified atom stereocenters. The van der Waals surface area contributed by atoms with Gasteiger partial charge in [0, 0.05) is 0 Å². The van der Waals surface area contributed by atoms with Gasteiger partial charge >= 0.3 is 5.97 Å². The van der Waals surface area contributed by atoms with Crippen molar-refractivity contribution in [1.82, 2.24) is 0 Å². The molecule has 0 aliphatic heterocycles. The molecule has 0 amide bonds. The number of nitrogens with zero attached hydrogens (tertiary/aromatic N) is 1. The summed E-state index contributed by atoms with van der Waals surface area (Å²) in [5.41, 5.74) is 0.248. The molecule has 3 rings (SSSR count). The summed E-state index contributed by atoms with van der Waals surface area (Å²) < 4.78 is 16.3. The standard InChI is InChI=1S/C19H23NO4/c1-22-16-8-7-14(9-17(16)24-15-5-3-4-6-15)19(12-20)10-13(11-19)18(21)23-2/h7-9,13,15H,3-6,10-11H2,1-2H3. The number of carbonyl (C=O) groups excluding carboxylic acids is 1. The van der Waals surface area contributed by atoms with Gasteiger partial charge in [-0.2, -0.15) is 5.26 Å². The quantitative estimate of drug-likeness (QED) is 0.775. The van der Waals surface area contributed by atoms with Crippen LogP contribution in [0.4, 0.5) is 0 Å². The molecule has 5 heteroatoms. The number of hydrogen-bond acceptors (Lipinski definition) is 5. The maximum absolute atomic E-state index is 11.7. The largest absolute Gasteiger partial charge is 0.493 e. The molecule has 2 fully saturated rings. The van der Waals surface area contributed by atoms with E-state index in [0.29, 0.717) is 24.3 Å². The second-order valence-electron chi connectivity index (χ2n) is 6.71. The molecular weight excluding hydrogens is 306 g/mol. The first kappa shape index (κ1) is 16.6. The van der Waals surface area contributed by atoms with Crippen molar-refractivity contribution in [3.05, 3.63) is 23.8 Å². The second kappa shape index (κ2) is 6.72. The lowest BCUT2D eigenvalue weighted by atomic mass is 9.59. The van der Waals surface area contributed by atoms with Crippen molar-refractivity contribution in [1.29, 1.82) is 5.26 Å². The van der Waals surface area contributed by atoms with E-state index < -0.39 is 5.41 Å². The summed E-state index contributed by atoms with van der Waals surface area (Å²) in [6.07, 6.45) is 5.70. The molecule has 0 N–H and O–H groups in total. The van der Waals surface area contributed by atoms with Crippen molar-refractivity contribution in [2.75, 3.05) is 14.2 Å². The third-order valence-electron chi connectivity index (χ3n) is 5.25. The molecule has 5 nitrogen and oxygen atoms in total. The summed E-state index contributed by atoms with van der Waals surface area (Å²) in [5.74, 6) is 0.938. The minimum absolute atomic E-state index is 0.198. The first-order valence-corrected chi connectivity index (χ1v) is 8.46. The predicted molar refractivity (Wildman–Crippen MR) is 87.9 cm³/mol. The van der Waals surface area contributed by atoms with Crippen LogP contribution in [0.15, 0.2) is 18.2 Å². The smallest absolute Gasteiger partial charge is 0.308 e. The summed E-state index contributed by atoms with van der Waals surface area (Å²) in [6, 6.07) is 8.06. The first-order chi connectivity index (χ1) is 11.6. The molecule has 0 atom stereocenters. The van der Waals surface area contributed by atoms with Crippen molar-refractivity contribution in [3.63, 3.8) is 0 Å². The Bertz CT molecular complexity index is 652. The zero-order valence-electron chi connectivity index (χ0n) is 14.2. The van der Waals surface area contributed by atoms with Crippen LogP contribution in [0.5, 0.6) is 11.5 Å². The Morgan fingerprint density at radius 3 is 2.50 bits per heavy atom. The van der Waals surface area contributed by atoms with E-state index in [4.69, 9.17) is 14.2 Å². The van der Waals surface area contributed by atoms with Crippen molar-refractivity contribution in [2.45, 2.75) is 50.0 Å². The highest BCUT2D eigenvalue weighted by Gasteiger charge is 2.50. The second-order valence-corrected chi connectivity index (χ2v) is 6.71. The maximum atomic E-state index is 11.7. The molecule has 0 saturated heterocycles. The Morgan fingerprint density at radius 2 is 1.92 bits per heavy atom. The van der Waals surface area contributed by atoms with Gasteiger partial charge in [-0.25, -0.2) is 0 Å². The highest BCUT2D eigenvalue weighted by Crippen LogP contribution is 2.49. The number of ether oxygens (including phenoxy) is 3. The third kappa shape index (κ3) is 2.93. The van der Waals surface area contributed by atoms with E-state index in [1.165, 1.54) is 20.0 Å². The monoisotopic (exact) mass is 329 g/mol. The molecule has 1 aromatic carbocycles. The topological polar surface area (TPSA) is 68.6 Å². The molecule has 0 bridgehead atoms. The Balaban J connectivity index is 1.82. The zero-order valence-corrected chi connectivity index (χ0v) is 14.2. The highest BCUT2D eigenvalue weighted by molar-refractivity contribution is 5.75. The zero-order chi connectivity index (χ0) is 17.2. The van der Waals surface area contributed by atoms with Crippen LogP contribution in [0.1, 0.15) is 44.1 Å². The maximum Gasteiger partial charge on any atom is 0.308 e. The number of esters is 1. The average Bonchev–Trinajstić information content (AvgIpc) is 3.07. The van der Waals surface area contributed by atoms with Crippen molar-refractivity contribution in [2.24, 2.45) is 5.92 Å². The van der Waals surface area contributed by atoms with Gasteiger partial charge in [-0.3, -0.25) is 4.79 Å². The SMILES string of the molecule is COC(=O)C1CC(C#N)(c2ccc(OC)c(OC3CCCC3)c2)C1. The van der Waals surface area contributed by atoms with Gasteiger partial charge < -0.3 is 14.2 Å². The lowest BCUT2D eigenvalue weighted by Gasteiger charge is -2.41. The van der Waals surface area contributed by atoms with E-state index in [1.807, 2.05) is 18.2 Å². The molecule has 1 aromatic rings.